The van der Waals surface area contributed by atoms with Gasteiger partial charge in [0.05, 0.1) is 18.8 Å². The predicted octanol–water partition coefficient (Wildman–Crippen LogP) is 3.48. The van der Waals surface area contributed by atoms with Crippen LogP contribution < -0.4 is 15.4 Å². The molecule has 0 radical (unpaired) electrons. The second-order valence-electron chi connectivity index (χ2n) is 6.32. The number of aromatic nitrogens is 2. The van der Waals surface area contributed by atoms with Gasteiger partial charge in [0.1, 0.15) is 6.61 Å². The molecule has 0 atom stereocenters. The Labute approximate surface area is 189 Å². The van der Waals surface area contributed by atoms with Gasteiger partial charge in [-0.2, -0.15) is 0 Å². The monoisotopic (exact) mass is 517 g/mol. The molecular formula is C20H32IN5O3. The van der Waals surface area contributed by atoms with E-state index in [1.807, 2.05) is 18.2 Å². The summed E-state index contributed by atoms with van der Waals surface area (Å²) in [7, 11) is 3.37. The highest BCUT2D eigenvalue weighted by Crippen LogP contribution is 2.22. The van der Waals surface area contributed by atoms with Crippen molar-refractivity contribution in [3.05, 3.63) is 41.4 Å². The van der Waals surface area contributed by atoms with Gasteiger partial charge in [-0.25, -0.2) is 4.98 Å². The average molecular weight is 517 g/mol. The fourth-order valence-corrected chi connectivity index (χ4v) is 2.79. The molecule has 162 valence electrons. The normalized spacial score (nSPS) is 11.3. The lowest BCUT2D eigenvalue weighted by molar-refractivity contribution is 0.143. The Bertz CT molecular complexity index is 734. The number of aliphatic imine (C=N–C) groups is 1. The molecule has 0 saturated heterocycles. The van der Waals surface area contributed by atoms with Crippen molar-refractivity contribution in [3.8, 4) is 5.88 Å². The fraction of sp³-hybridized carbons (Fsp3) is 0.550. The Morgan fingerprint density at radius 2 is 1.97 bits per heavy atom. The maximum Gasteiger partial charge on any atom is 0.218 e. The van der Waals surface area contributed by atoms with Gasteiger partial charge in [0, 0.05) is 44.4 Å². The third-order valence-corrected chi connectivity index (χ3v) is 4.46. The minimum atomic E-state index is 0. The van der Waals surface area contributed by atoms with E-state index < -0.39 is 0 Å². The van der Waals surface area contributed by atoms with Crippen LogP contribution in [0, 0.1) is 0 Å². The molecule has 8 nitrogen and oxygen atoms in total. The molecule has 0 fully saturated rings. The van der Waals surface area contributed by atoms with Gasteiger partial charge < -0.3 is 24.6 Å². The fourth-order valence-electron chi connectivity index (χ4n) is 2.79. The van der Waals surface area contributed by atoms with Crippen LogP contribution in [0.15, 0.2) is 33.9 Å². The molecule has 2 aromatic heterocycles. The van der Waals surface area contributed by atoms with E-state index in [-0.39, 0.29) is 24.0 Å². The van der Waals surface area contributed by atoms with Crippen molar-refractivity contribution in [1.82, 2.24) is 20.8 Å². The quantitative estimate of drug-likeness (QED) is 0.204. The Morgan fingerprint density at radius 1 is 1.21 bits per heavy atom. The second kappa shape index (κ2) is 14.2. The van der Waals surface area contributed by atoms with E-state index in [2.05, 4.69) is 39.6 Å². The number of hydrogen-bond donors (Lipinski definition) is 2. The molecule has 0 aliphatic heterocycles. The lowest BCUT2D eigenvalue weighted by atomic mass is 9.99. The number of methoxy groups -OCH3 is 1. The topological polar surface area (TPSA) is 93.8 Å². The van der Waals surface area contributed by atoms with Crippen LogP contribution in [0.4, 0.5) is 0 Å². The SMILES string of the molecule is CCC(CC)c1cc(CNC(=NC)NCc2cccnc2OCCOC)on1.I. The average Bonchev–Trinajstić information content (AvgIpc) is 3.19. The third-order valence-electron chi connectivity index (χ3n) is 4.46. The number of halogens is 1. The first kappa shape index (κ1) is 25.2. The summed E-state index contributed by atoms with van der Waals surface area (Å²) in [6.45, 7) is 6.35. The van der Waals surface area contributed by atoms with E-state index in [4.69, 9.17) is 14.0 Å². The molecular weight excluding hydrogens is 485 g/mol. The van der Waals surface area contributed by atoms with E-state index in [1.54, 1.807) is 20.4 Å². The molecule has 0 unspecified atom stereocenters. The molecule has 0 aliphatic rings. The van der Waals surface area contributed by atoms with E-state index in [0.717, 1.165) is 29.9 Å². The van der Waals surface area contributed by atoms with Gasteiger partial charge in [0.25, 0.3) is 0 Å². The highest BCUT2D eigenvalue weighted by Gasteiger charge is 2.13. The molecule has 0 aromatic carbocycles. The number of nitrogens with one attached hydrogen (secondary N) is 2. The smallest absolute Gasteiger partial charge is 0.218 e. The third kappa shape index (κ3) is 8.17. The van der Waals surface area contributed by atoms with Crippen molar-refractivity contribution in [3.63, 3.8) is 0 Å². The molecule has 2 aromatic rings. The van der Waals surface area contributed by atoms with Crippen LogP contribution in [0.25, 0.3) is 0 Å². The van der Waals surface area contributed by atoms with E-state index in [0.29, 0.717) is 44.1 Å². The lowest BCUT2D eigenvalue weighted by Crippen LogP contribution is -2.36. The standard InChI is InChI=1S/C20H31N5O3.HI/c1-5-15(6-2)18-12-17(28-25-18)14-24-20(21-3)23-13-16-8-7-9-22-19(16)27-11-10-26-4;/h7-9,12,15H,5-6,10-11,13-14H2,1-4H3,(H2,21,23,24);1H. The van der Waals surface area contributed by atoms with Crippen LogP contribution in [0.5, 0.6) is 5.88 Å². The van der Waals surface area contributed by atoms with Crippen LogP contribution in [0.2, 0.25) is 0 Å². The summed E-state index contributed by atoms with van der Waals surface area (Å²) in [5, 5.41) is 10.7. The van der Waals surface area contributed by atoms with Crippen molar-refractivity contribution in [1.29, 1.82) is 0 Å². The predicted molar refractivity (Wildman–Crippen MR) is 124 cm³/mol. The van der Waals surface area contributed by atoms with Crippen LogP contribution in [0.1, 0.15) is 49.6 Å². The van der Waals surface area contributed by atoms with Crippen LogP contribution in [0.3, 0.4) is 0 Å². The van der Waals surface area contributed by atoms with Gasteiger partial charge in [-0.05, 0) is 18.9 Å². The highest BCUT2D eigenvalue weighted by atomic mass is 127. The van der Waals surface area contributed by atoms with Crippen molar-refractivity contribution >= 4 is 29.9 Å². The Balaban J connectivity index is 0.00000420. The first-order chi connectivity index (χ1) is 13.7. The Kier molecular flexibility index (Phi) is 12.3. The molecule has 29 heavy (non-hydrogen) atoms. The molecule has 0 amide bonds. The largest absolute Gasteiger partial charge is 0.475 e. The molecule has 2 rings (SSSR count). The summed E-state index contributed by atoms with van der Waals surface area (Å²) in [5.74, 6) is 2.48. The number of pyridine rings is 1. The van der Waals surface area contributed by atoms with E-state index in [9.17, 15) is 0 Å². The van der Waals surface area contributed by atoms with Crippen LogP contribution >= 0.6 is 24.0 Å². The summed E-state index contributed by atoms with van der Waals surface area (Å²) in [6.07, 6.45) is 3.82. The summed E-state index contributed by atoms with van der Waals surface area (Å²) in [4.78, 5) is 8.53. The maximum absolute atomic E-state index is 5.66. The zero-order chi connectivity index (χ0) is 20.2. The summed E-state index contributed by atoms with van der Waals surface area (Å²) < 4.78 is 16.1. The number of nitrogens with zero attached hydrogens (tertiary/aromatic N) is 3. The van der Waals surface area contributed by atoms with Crippen molar-refractivity contribution in [2.45, 2.75) is 45.7 Å². The van der Waals surface area contributed by atoms with E-state index in [1.165, 1.54) is 0 Å². The number of guanidine groups is 1. The molecule has 0 bridgehead atoms. The molecule has 9 heteroatoms. The summed E-state index contributed by atoms with van der Waals surface area (Å²) in [6, 6.07) is 5.86. The number of ether oxygens (including phenoxy) is 2. The van der Waals surface area contributed by atoms with E-state index >= 15 is 0 Å². The number of hydrogen-bond acceptors (Lipinski definition) is 6. The summed E-state index contributed by atoms with van der Waals surface area (Å²) in [5.41, 5.74) is 1.95. The molecule has 0 aliphatic carbocycles. The Morgan fingerprint density at radius 3 is 2.66 bits per heavy atom. The van der Waals surface area contributed by atoms with Gasteiger partial charge in [0.2, 0.25) is 5.88 Å². The van der Waals surface area contributed by atoms with Gasteiger partial charge in [0.15, 0.2) is 11.7 Å². The molecule has 2 N–H and O–H groups in total. The van der Waals surface area contributed by atoms with Crippen molar-refractivity contribution in [2.24, 2.45) is 4.99 Å². The molecule has 2 heterocycles. The highest BCUT2D eigenvalue weighted by molar-refractivity contribution is 14.0. The number of rotatable bonds is 11. The first-order valence-corrected chi connectivity index (χ1v) is 9.67. The maximum atomic E-state index is 5.66. The molecule has 0 saturated carbocycles. The van der Waals surface area contributed by atoms with Gasteiger partial charge in [-0.15, -0.1) is 24.0 Å². The zero-order valence-electron chi connectivity index (χ0n) is 17.6. The van der Waals surface area contributed by atoms with Crippen LogP contribution in [-0.4, -0.2) is 43.5 Å². The summed E-state index contributed by atoms with van der Waals surface area (Å²) >= 11 is 0. The minimum Gasteiger partial charge on any atom is -0.475 e. The van der Waals surface area contributed by atoms with Crippen LogP contribution in [-0.2, 0) is 17.8 Å². The second-order valence-corrected chi connectivity index (χ2v) is 6.32. The zero-order valence-corrected chi connectivity index (χ0v) is 19.9. The van der Waals surface area contributed by atoms with Crippen molar-refractivity contribution in [2.75, 3.05) is 27.4 Å². The van der Waals surface area contributed by atoms with Crippen molar-refractivity contribution < 1.29 is 14.0 Å². The van der Waals surface area contributed by atoms with Gasteiger partial charge in [-0.1, -0.05) is 25.1 Å². The lowest BCUT2D eigenvalue weighted by Gasteiger charge is -2.13. The first-order valence-electron chi connectivity index (χ1n) is 9.67. The molecule has 0 spiro atoms. The Hall–Kier alpha value is -1.88. The minimum absolute atomic E-state index is 0. The van der Waals surface area contributed by atoms with Gasteiger partial charge >= 0.3 is 0 Å². The van der Waals surface area contributed by atoms with Gasteiger partial charge in [-0.3, -0.25) is 4.99 Å².